The normalized spacial score (nSPS) is 16.6. The Morgan fingerprint density at radius 1 is 1.15 bits per heavy atom. The monoisotopic (exact) mass is 363 g/mol. The van der Waals surface area contributed by atoms with Gasteiger partial charge in [0.1, 0.15) is 5.69 Å². The van der Waals surface area contributed by atoms with Crippen LogP contribution in [0.25, 0.3) is 5.57 Å². The van der Waals surface area contributed by atoms with Gasteiger partial charge in [-0.2, -0.15) is 0 Å². The summed E-state index contributed by atoms with van der Waals surface area (Å²) in [5.74, 6) is -0.239. The Labute approximate surface area is 157 Å². The second-order valence-electron chi connectivity index (χ2n) is 7.00. The molecule has 4 rings (SSSR count). The third-order valence-electron chi connectivity index (χ3n) is 5.04. The molecule has 1 aliphatic heterocycles. The smallest absolute Gasteiger partial charge is 0.293 e. The van der Waals surface area contributed by atoms with Crippen molar-refractivity contribution in [1.29, 1.82) is 0 Å². The van der Waals surface area contributed by atoms with Gasteiger partial charge in [-0.15, -0.1) is 0 Å². The molecule has 138 valence electrons. The summed E-state index contributed by atoms with van der Waals surface area (Å²) in [6, 6.07) is 15.2. The number of benzene rings is 2. The van der Waals surface area contributed by atoms with Crippen LogP contribution < -0.4 is 10.2 Å². The summed E-state index contributed by atoms with van der Waals surface area (Å²) in [6.07, 6.45) is 4.91. The molecule has 1 heterocycles. The molecule has 2 aromatic carbocycles. The van der Waals surface area contributed by atoms with Crippen LogP contribution in [0.1, 0.15) is 35.2 Å². The lowest BCUT2D eigenvalue weighted by molar-refractivity contribution is -0.384. The van der Waals surface area contributed by atoms with Gasteiger partial charge in [0.2, 0.25) is 0 Å². The Balaban J connectivity index is 1.55. The van der Waals surface area contributed by atoms with Crippen LogP contribution in [-0.4, -0.2) is 30.0 Å². The van der Waals surface area contributed by atoms with E-state index in [1.807, 2.05) is 23.1 Å². The Morgan fingerprint density at radius 2 is 1.93 bits per heavy atom. The van der Waals surface area contributed by atoms with Gasteiger partial charge in [-0.3, -0.25) is 14.9 Å². The molecule has 1 fully saturated rings. The van der Waals surface area contributed by atoms with Gasteiger partial charge in [0.25, 0.3) is 11.6 Å². The van der Waals surface area contributed by atoms with Crippen LogP contribution in [0.5, 0.6) is 0 Å². The summed E-state index contributed by atoms with van der Waals surface area (Å²) in [5.41, 5.74) is 3.34. The number of hydrogen-bond acceptors (Lipinski definition) is 4. The third-order valence-corrected chi connectivity index (χ3v) is 5.04. The minimum absolute atomic E-state index is 0.0185. The van der Waals surface area contributed by atoms with E-state index in [1.54, 1.807) is 12.1 Å². The highest BCUT2D eigenvalue weighted by Crippen LogP contribution is 2.33. The fourth-order valence-corrected chi connectivity index (χ4v) is 3.38. The predicted octanol–water partition coefficient (Wildman–Crippen LogP) is 3.78. The third kappa shape index (κ3) is 3.84. The number of nitro groups is 1. The maximum Gasteiger partial charge on any atom is 0.293 e. The molecule has 0 radical (unpaired) electrons. The van der Waals surface area contributed by atoms with Crippen molar-refractivity contribution in [3.8, 4) is 0 Å². The first-order chi connectivity index (χ1) is 13.1. The van der Waals surface area contributed by atoms with E-state index < -0.39 is 4.92 Å². The SMILES string of the molecule is O=C(NC1CC1)c1ccc(N2CC=C(c3ccccc3)CC2)c([N+](=O)[O-])c1. The van der Waals surface area contributed by atoms with Gasteiger partial charge in [0.15, 0.2) is 0 Å². The van der Waals surface area contributed by atoms with Crippen LogP contribution >= 0.6 is 0 Å². The minimum atomic E-state index is -0.403. The van der Waals surface area contributed by atoms with E-state index in [4.69, 9.17) is 0 Å². The molecule has 0 spiro atoms. The predicted molar refractivity (Wildman–Crippen MR) is 105 cm³/mol. The fourth-order valence-electron chi connectivity index (χ4n) is 3.38. The van der Waals surface area contributed by atoms with Gasteiger partial charge in [-0.05, 0) is 42.5 Å². The average molecular weight is 363 g/mol. The Hall–Kier alpha value is -3.15. The number of hydrogen-bond donors (Lipinski definition) is 1. The second-order valence-corrected chi connectivity index (χ2v) is 7.00. The van der Waals surface area contributed by atoms with Gasteiger partial charge < -0.3 is 10.2 Å². The highest BCUT2D eigenvalue weighted by atomic mass is 16.6. The van der Waals surface area contributed by atoms with Crippen molar-refractivity contribution in [3.05, 3.63) is 75.8 Å². The lowest BCUT2D eigenvalue weighted by Crippen LogP contribution is -2.29. The molecule has 2 aromatic rings. The molecule has 1 N–H and O–H groups in total. The maximum atomic E-state index is 12.2. The number of nitro benzene ring substituents is 1. The Kier molecular flexibility index (Phi) is 4.62. The van der Waals surface area contributed by atoms with E-state index >= 15 is 0 Å². The van der Waals surface area contributed by atoms with Crippen LogP contribution in [0.3, 0.4) is 0 Å². The van der Waals surface area contributed by atoms with Crippen molar-refractivity contribution in [1.82, 2.24) is 5.32 Å². The van der Waals surface area contributed by atoms with Crippen LogP contribution in [0.2, 0.25) is 0 Å². The highest BCUT2D eigenvalue weighted by Gasteiger charge is 2.27. The molecule has 1 amide bonds. The summed E-state index contributed by atoms with van der Waals surface area (Å²) >= 11 is 0. The first-order valence-electron chi connectivity index (χ1n) is 9.20. The van der Waals surface area contributed by atoms with Gasteiger partial charge >= 0.3 is 0 Å². The van der Waals surface area contributed by atoms with Gasteiger partial charge in [0, 0.05) is 30.8 Å². The number of amides is 1. The molecule has 2 aliphatic rings. The Bertz CT molecular complexity index is 904. The second kappa shape index (κ2) is 7.23. The van der Waals surface area contributed by atoms with E-state index in [1.165, 1.54) is 17.2 Å². The summed E-state index contributed by atoms with van der Waals surface area (Å²) < 4.78 is 0. The van der Waals surface area contributed by atoms with Crippen LogP contribution in [0.4, 0.5) is 11.4 Å². The quantitative estimate of drug-likeness (QED) is 0.648. The number of nitrogens with zero attached hydrogens (tertiary/aromatic N) is 2. The molecule has 1 saturated carbocycles. The Morgan fingerprint density at radius 3 is 2.56 bits per heavy atom. The number of carbonyl (C=O) groups excluding carboxylic acids is 1. The van der Waals surface area contributed by atoms with E-state index in [2.05, 4.69) is 23.5 Å². The van der Waals surface area contributed by atoms with Gasteiger partial charge in [-0.1, -0.05) is 36.4 Å². The molecule has 1 aliphatic carbocycles. The van der Waals surface area contributed by atoms with Crippen molar-refractivity contribution in [2.24, 2.45) is 0 Å². The van der Waals surface area contributed by atoms with Crippen molar-refractivity contribution >= 4 is 22.9 Å². The van der Waals surface area contributed by atoms with E-state index in [-0.39, 0.29) is 17.6 Å². The van der Waals surface area contributed by atoms with E-state index in [9.17, 15) is 14.9 Å². The largest absolute Gasteiger partial charge is 0.362 e. The topological polar surface area (TPSA) is 75.5 Å². The van der Waals surface area contributed by atoms with Crippen LogP contribution in [0, 0.1) is 10.1 Å². The molecule has 0 atom stereocenters. The fraction of sp³-hybridized carbons (Fsp3) is 0.286. The van der Waals surface area contributed by atoms with Gasteiger partial charge in [0.05, 0.1) is 4.92 Å². The number of anilines is 1. The minimum Gasteiger partial charge on any atom is -0.362 e. The zero-order valence-corrected chi connectivity index (χ0v) is 14.9. The lowest BCUT2D eigenvalue weighted by Gasteiger charge is -2.28. The standard InChI is InChI=1S/C21H21N3O3/c25-21(22-18-7-8-18)17-6-9-19(20(14-17)24(26)27)23-12-10-16(11-13-23)15-4-2-1-3-5-15/h1-6,9-10,14,18H,7-8,11-13H2,(H,22,25). The molecule has 0 aromatic heterocycles. The summed E-state index contributed by atoms with van der Waals surface area (Å²) in [6.45, 7) is 1.31. The molecule has 6 heteroatoms. The summed E-state index contributed by atoms with van der Waals surface area (Å²) in [4.78, 5) is 25.4. The lowest BCUT2D eigenvalue weighted by atomic mass is 9.99. The number of rotatable bonds is 5. The zero-order valence-electron chi connectivity index (χ0n) is 14.9. The summed E-state index contributed by atoms with van der Waals surface area (Å²) in [7, 11) is 0. The molecule has 0 unspecified atom stereocenters. The highest BCUT2D eigenvalue weighted by molar-refractivity contribution is 5.96. The molecular formula is C21H21N3O3. The molecule has 27 heavy (non-hydrogen) atoms. The van der Waals surface area contributed by atoms with Crippen molar-refractivity contribution in [2.45, 2.75) is 25.3 Å². The molecule has 6 nitrogen and oxygen atoms in total. The van der Waals surface area contributed by atoms with E-state index in [0.29, 0.717) is 24.3 Å². The summed E-state index contributed by atoms with van der Waals surface area (Å²) in [5, 5.41) is 14.5. The van der Waals surface area contributed by atoms with Crippen molar-refractivity contribution < 1.29 is 9.72 Å². The first kappa shape index (κ1) is 17.3. The first-order valence-corrected chi connectivity index (χ1v) is 9.20. The zero-order chi connectivity index (χ0) is 18.8. The van der Waals surface area contributed by atoms with E-state index in [0.717, 1.165) is 19.3 Å². The molecular weight excluding hydrogens is 342 g/mol. The average Bonchev–Trinajstić information content (AvgIpc) is 3.52. The van der Waals surface area contributed by atoms with Crippen LogP contribution in [0.15, 0.2) is 54.6 Å². The van der Waals surface area contributed by atoms with Gasteiger partial charge in [-0.25, -0.2) is 0 Å². The number of carbonyl (C=O) groups is 1. The van der Waals surface area contributed by atoms with Crippen molar-refractivity contribution in [3.63, 3.8) is 0 Å². The number of nitrogens with one attached hydrogen (secondary N) is 1. The molecule has 0 saturated heterocycles. The van der Waals surface area contributed by atoms with Crippen molar-refractivity contribution in [2.75, 3.05) is 18.0 Å². The maximum absolute atomic E-state index is 12.2. The molecule has 0 bridgehead atoms. The van der Waals surface area contributed by atoms with Crippen LogP contribution in [-0.2, 0) is 0 Å².